The van der Waals surface area contributed by atoms with Gasteiger partial charge in [-0.2, -0.15) is 0 Å². The Labute approximate surface area is 251 Å². The third kappa shape index (κ3) is 4.01. The van der Waals surface area contributed by atoms with E-state index < -0.39 is 5.54 Å². The number of carbonyl (C=O) groups is 1. The van der Waals surface area contributed by atoms with Gasteiger partial charge >= 0.3 is 0 Å². The van der Waals surface area contributed by atoms with Gasteiger partial charge in [0.2, 0.25) is 0 Å². The van der Waals surface area contributed by atoms with E-state index in [2.05, 4.69) is 73.9 Å². The second kappa shape index (κ2) is 10.6. The monoisotopic (exact) mass is 585 g/mol. The van der Waals surface area contributed by atoms with Crippen molar-refractivity contribution in [1.82, 2.24) is 0 Å². The first-order valence-electron chi connectivity index (χ1n) is 14.2. The molecule has 0 atom stereocenters. The molecule has 0 N–H and O–H groups in total. The molecule has 0 saturated carbocycles. The van der Waals surface area contributed by atoms with Gasteiger partial charge in [-0.25, -0.2) is 0 Å². The summed E-state index contributed by atoms with van der Waals surface area (Å²) >= 11 is 13.7. The smallest absolute Gasteiger partial charge is 0.260 e. The van der Waals surface area contributed by atoms with E-state index in [9.17, 15) is 4.79 Å². The second-order valence-corrected chi connectivity index (χ2v) is 11.1. The molecule has 5 nitrogen and oxygen atoms in total. The molecule has 2 aliphatic rings. The molecule has 0 aliphatic carbocycles. The SMILES string of the molecule is CCN(CC)c1ccc2c(c1)Oc1cc(N(CC)CC)ccc1C21c2ccccc2C(=O)N1c1c(Cl)cccc1Cl. The summed E-state index contributed by atoms with van der Waals surface area (Å²) in [5.74, 6) is 1.25. The first kappa shape index (κ1) is 27.5. The highest BCUT2D eigenvalue weighted by Gasteiger charge is 2.57. The molecule has 210 valence electrons. The minimum atomic E-state index is -1.05. The molecule has 0 bridgehead atoms. The molecule has 7 heteroatoms. The van der Waals surface area contributed by atoms with Gasteiger partial charge < -0.3 is 14.5 Å². The Bertz CT molecular complexity index is 1560. The zero-order chi connectivity index (χ0) is 28.9. The highest BCUT2D eigenvalue weighted by Crippen LogP contribution is 2.60. The number of hydrogen-bond acceptors (Lipinski definition) is 4. The Morgan fingerprint density at radius 2 is 1.20 bits per heavy atom. The second-order valence-electron chi connectivity index (χ2n) is 10.3. The summed E-state index contributed by atoms with van der Waals surface area (Å²) in [6.07, 6.45) is 0. The van der Waals surface area contributed by atoms with Gasteiger partial charge in [-0.15, -0.1) is 0 Å². The van der Waals surface area contributed by atoms with Crippen molar-refractivity contribution >= 4 is 46.2 Å². The van der Waals surface area contributed by atoms with Gasteiger partial charge in [-0.3, -0.25) is 9.69 Å². The minimum absolute atomic E-state index is 0.157. The molecule has 1 amide bonds. The molecule has 4 aromatic rings. The molecule has 0 radical (unpaired) electrons. The number of nitrogens with zero attached hydrogens (tertiary/aromatic N) is 3. The van der Waals surface area contributed by atoms with Crippen molar-refractivity contribution < 1.29 is 9.53 Å². The molecule has 41 heavy (non-hydrogen) atoms. The van der Waals surface area contributed by atoms with E-state index in [0.717, 1.165) is 54.2 Å². The fourth-order valence-corrected chi connectivity index (χ4v) is 7.07. The lowest BCUT2D eigenvalue weighted by atomic mass is 9.74. The van der Waals surface area contributed by atoms with Gasteiger partial charge in [0, 0.05) is 71.9 Å². The number of carbonyl (C=O) groups excluding carboxylic acids is 1. The molecular weight excluding hydrogens is 553 g/mol. The summed E-state index contributed by atoms with van der Waals surface area (Å²) in [6, 6.07) is 25.8. The number of para-hydroxylation sites is 1. The summed E-state index contributed by atoms with van der Waals surface area (Å²) < 4.78 is 6.76. The van der Waals surface area contributed by atoms with Crippen LogP contribution in [0.25, 0.3) is 0 Å². The van der Waals surface area contributed by atoms with Crippen LogP contribution in [0.2, 0.25) is 10.0 Å². The maximum atomic E-state index is 14.5. The number of halogens is 2. The predicted octanol–water partition coefficient (Wildman–Crippen LogP) is 8.74. The summed E-state index contributed by atoms with van der Waals surface area (Å²) in [5.41, 5.74) is 4.78. The van der Waals surface area contributed by atoms with Crippen LogP contribution in [0.5, 0.6) is 11.5 Å². The molecule has 0 unspecified atom stereocenters. The molecule has 0 saturated heterocycles. The highest BCUT2D eigenvalue weighted by molar-refractivity contribution is 6.40. The van der Waals surface area contributed by atoms with Gasteiger partial charge in [0.05, 0.1) is 15.7 Å². The first-order valence-corrected chi connectivity index (χ1v) is 15.0. The standard InChI is InChI=1S/C34H33Cl2N3O2/c1-5-37(6-2)22-16-18-26-30(20-22)41-31-21-23(38(7-3)8-4)17-19-27(31)34(26)25-13-10-9-12-24(25)33(40)39(34)32-28(35)14-11-15-29(32)36/h9-21H,5-8H2,1-4H3. The molecule has 2 aliphatic heterocycles. The highest BCUT2D eigenvalue weighted by atomic mass is 35.5. The Morgan fingerprint density at radius 3 is 1.71 bits per heavy atom. The molecule has 1 spiro atoms. The number of benzene rings is 4. The van der Waals surface area contributed by atoms with Crippen molar-refractivity contribution in [2.24, 2.45) is 0 Å². The molecule has 4 aromatic carbocycles. The Morgan fingerprint density at radius 1 is 0.683 bits per heavy atom. The van der Waals surface area contributed by atoms with E-state index in [4.69, 9.17) is 27.9 Å². The normalized spacial score (nSPS) is 14.4. The van der Waals surface area contributed by atoms with E-state index >= 15 is 0 Å². The van der Waals surface area contributed by atoms with E-state index in [1.807, 2.05) is 24.3 Å². The maximum Gasteiger partial charge on any atom is 0.260 e. The topological polar surface area (TPSA) is 36.0 Å². The fraction of sp³-hybridized carbons (Fsp3) is 0.265. The van der Waals surface area contributed by atoms with Crippen LogP contribution in [0.1, 0.15) is 54.7 Å². The van der Waals surface area contributed by atoms with E-state index in [1.165, 1.54) is 0 Å². The number of ether oxygens (including phenoxy) is 1. The van der Waals surface area contributed by atoms with Gasteiger partial charge in [0.1, 0.15) is 17.0 Å². The third-order valence-electron chi connectivity index (χ3n) is 8.43. The lowest BCUT2D eigenvalue weighted by molar-refractivity contribution is 0.0985. The third-order valence-corrected chi connectivity index (χ3v) is 9.04. The molecule has 0 aromatic heterocycles. The number of amides is 1. The Kier molecular flexibility index (Phi) is 7.13. The minimum Gasteiger partial charge on any atom is -0.456 e. The summed E-state index contributed by atoms with van der Waals surface area (Å²) in [4.78, 5) is 20.8. The molecular formula is C34H33Cl2N3O2. The van der Waals surface area contributed by atoms with Crippen molar-refractivity contribution in [2.45, 2.75) is 33.2 Å². The van der Waals surface area contributed by atoms with Crippen molar-refractivity contribution in [3.05, 3.63) is 111 Å². The Hall–Kier alpha value is -3.67. The van der Waals surface area contributed by atoms with Crippen LogP contribution in [0.15, 0.2) is 78.9 Å². The van der Waals surface area contributed by atoms with Crippen molar-refractivity contribution in [2.75, 3.05) is 40.9 Å². The van der Waals surface area contributed by atoms with E-state index in [0.29, 0.717) is 32.8 Å². The molecule has 0 fully saturated rings. The average Bonchev–Trinajstić information content (AvgIpc) is 3.23. The number of fused-ring (bicyclic) bond motifs is 6. The van der Waals surface area contributed by atoms with Crippen LogP contribution in [0.4, 0.5) is 17.1 Å². The van der Waals surface area contributed by atoms with Crippen molar-refractivity contribution in [3.63, 3.8) is 0 Å². The zero-order valence-corrected chi connectivity index (χ0v) is 25.3. The van der Waals surface area contributed by atoms with E-state index in [1.54, 1.807) is 23.1 Å². The Balaban J connectivity index is 1.73. The summed E-state index contributed by atoms with van der Waals surface area (Å²) in [5, 5.41) is 0.819. The molecule has 2 heterocycles. The van der Waals surface area contributed by atoms with Crippen LogP contribution < -0.4 is 19.4 Å². The van der Waals surface area contributed by atoms with Gasteiger partial charge in [-0.1, -0.05) is 59.6 Å². The molecule has 6 rings (SSSR count). The van der Waals surface area contributed by atoms with Gasteiger partial charge in [-0.05, 0) is 58.0 Å². The van der Waals surface area contributed by atoms with Gasteiger partial charge in [0.25, 0.3) is 5.91 Å². The van der Waals surface area contributed by atoms with Crippen LogP contribution >= 0.6 is 23.2 Å². The lowest BCUT2D eigenvalue weighted by Crippen LogP contribution is -2.48. The lowest BCUT2D eigenvalue weighted by Gasteiger charge is -2.45. The first-order chi connectivity index (χ1) is 19.9. The fourth-order valence-electron chi connectivity index (χ4n) is 6.50. The summed E-state index contributed by atoms with van der Waals surface area (Å²) in [6.45, 7) is 12.0. The van der Waals surface area contributed by atoms with Crippen molar-refractivity contribution in [1.29, 1.82) is 0 Å². The number of hydrogen-bond donors (Lipinski definition) is 0. The van der Waals surface area contributed by atoms with Crippen LogP contribution in [0.3, 0.4) is 0 Å². The quantitative estimate of drug-likeness (QED) is 0.217. The maximum absolute atomic E-state index is 14.5. The summed E-state index contributed by atoms with van der Waals surface area (Å²) in [7, 11) is 0. The van der Waals surface area contributed by atoms with Crippen LogP contribution in [-0.2, 0) is 5.54 Å². The van der Waals surface area contributed by atoms with Crippen LogP contribution in [0, 0.1) is 0 Å². The van der Waals surface area contributed by atoms with E-state index in [-0.39, 0.29) is 5.91 Å². The largest absolute Gasteiger partial charge is 0.456 e. The average molecular weight is 587 g/mol. The number of rotatable bonds is 7. The van der Waals surface area contributed by atoms with Crippen LogP contribution in [-0.4, -0.2) is 32.1 Å². The zero-order valence-electron chi connectivity index (χ0n) is 23.7. The van der Waals surface area contributed by atoms with Crippen molar-refractivity contribution in [3.8, 4) is 11.5 Å². The predicted molar refractivity (Wildman–Crippen MR) is 170 cm³/mol. The number of anilines is 3. The van der Waals surface area contributed by atoms with Gasteiger partial charge in [0.15, 0.2) is 0 Å².